The van der Waals surface area contributed by atoms with Crippen LogP contribution in [0.2, 0.25) is 0 Å². The SMILES string of the molecule is CCC(CC)c1nnc(NC(=O)C2CCCN(S(C)(=O)=O)C2)s1. The molecule has 1 saturated heterocycles. The topological polar surface area (TPSA) is 92.3 Å². The van der Waals surface area contributed by atoms with Gasteiger partial charge in [-0.25, -0.2) is 12.7 Å². The van der Waals surface area contributed by atoms with Crippen LogP contribution in [0.4, 0.5) is 5.13 Å². The Morgan fingerprint density at radius 3 is 2.70 bits per heavy atom. The maximum Gasteiger partial charge on any atom is 0.230 e. The second-order valence-electron chi connectivity index (χ2n) is 5.91. The lowest BCUT2D eigenvalue weighted by molar-refractivity contribution is -0.120. The molecular weight excluding hydrogens is 336 g/mol. The summed E-state index contributed by atoms with van der Waals surface area (Å²) in [5, 5.41) is 12.4. The number of amides is 1. The van der Waals surface area contributed by atoms with Gasteiger partial charge < -0.3 is 5.32 Å². The zero-order valence-electron chi connectivity index (χ0n) is 13.8. The van der Waals surface area contributed by atoms with E-state index in [4.69, 9.17) is 0 Å². The number of nitrogens with one attached hydrogen (secondary N) is 1. The van der Waals surface area contributed by atoms with Gasteiger partial charge >= 0.3 is 0 Å². The largest absolute Gasteiger partial charge is 0.300 e. The third-order valence-electron chi connectivity index (χ3n) is 4.23. The van der Waals surface area contributed by atoms with Crippen LogP contribution >= 0.6 is 11.3 Å². The van der Waals surface area contributed by atoms with Gasteiger partial charge in [0.15, 0.2) is 0 Å². The third kappa shape index (κ3) is 4.71. The van der Waals surface area contributed by atoms with Crippen LogP contribution in [0.5, 0.6) is 0 Å². The van der Waals surface area contributed by atoms with Crippen LogP contribution in [0.1, 0.15) is 50.5 Å². The predicted octanol–water partition coefficient (Wildman–Crippen LogP) is 2.05. The highest BCUT2D eigenvalue weighted by molar-refractivity contribution is 7.88. The molecule has 1 aromatic rings. The number of sulfonamides is 1. The summed E-state index contributed by atoms with van der Waals surface area (Å²) < 4.78 is 24.6. The molecule has 23 heavy (non-hydrogen) atoms. The van der Waals surface area contributed by atoms with Gasteiger partial charge in [-0.15, -0.1) is 10.2 Å². The molecule has 1 fully saturated rings. The summed E-state index contributed by atoms with van der Waals surface area (Å²) in [7, 11) is -3.25. The van der Waals surface area contributed by atoms with E-state index >= 15 is 0 Å². The van der Waals surface area contributed by atoms with Crippen molar-refractivity contribution in [2.75, 3.05) is 24.7 Å². The standard InChI is InChI=1S/C14H24N4O3S2/c1-4-10(5-2)13-16-17-14(22-13)15-12(19)11-7-6-8-18(9-11)23(3,20)21/h10-11H,4-9H2,1-3H3,(H,15,17,19). The van der Waals surface area contributed by atoms with E-state index in [1.807, 2.05) is 0 Å². The van der Waals surface area contributed by atoms with Crippen LogP contribution < -0.4 is 5.32 Å². The molecule has 1 amide bonds. The first-order chi connectivity index (χ1) is 10.8. The van der Waals surface area contributed by atoms with Gasteiger partial charge in [0.1, 0.15) is 5.01 Å². The van der Waals surface area contributed by atoms with Gasteiger partial charge in [-0.2, -0.15) is 0 Å². The summed E-state index contributed by atoms with van der Waals surface area (Å²) in [4.78, 5) is 12.4. The minimum absolute atomic E-state index is 0.175. The Bertz CT molecular complexity index is 640. The molecule has 1 unspecified atom stereocenters. The molecule has 0 radical (unpaired) electrons. The Hall–Kier alpha value is -1.06. The first kappa shape index (κ1) is 18.3. The molecular formula is C14H24N4O3S2. The van der Waals surface area contributed by atoms with Crippen molar-refractivity contribution in [2.24, 2.45) is 5.92 Å². The number of piperidine rings is 1. The Morgan fingerprint density at radius 2 is 2.09 bits per heavy atom. The van der Waals surface area contributed by atoms with Crippen LogP contribution in [0.15, 0.2) is 0 Å². The fourth-order valence-electron chi connectivity index (χ4n) is 2.75. The molecule has 1 aliphatic heterocycles. The average Bonchev–Trinajstić information content (AvgIpc) is 2.96. The maximum atomic E-state index is 12.4. The van der Waals surface area contributed by atoms with Crippen molar-refractivity contribution in [2.45, 2.75) is 45.4 Å². The normalized spacial score (nSPS) is 19.9. The lowest BCUT2D eigenvalue weighted by atomic mass is 9.99. The van der Waals surface area contributed by atoms with Gasteiger partial charge in [0, 0.05) is 19.0 Å². The Labute approximate surface area is 141 Å². The summed E-state index contributed by atoms with van der Waals surface area (Å²) >= 11 is 1.40. The summed E-state index contributed by atoms with van der Waals surface area (Å²) in [5.41, 5.74) is 0. The van der Waals surface area contributed by atoms with E-state index in [-0.39, 0.29) is 18.4 Å². The number of carbonyl (C=O) groups excluding carboxylic acids is 1. The molecule has 0 saturated carbocycles. The monoisotopic (exact) mass is 360 g/mol. The van der Waals surface area contributed by atoms with Gasteiger partial charge in [0.2, 0.25) is 21.1 Å². The molecule has 0 spiro atoms. The van der Waals surface area contributed by atoms with Crippen molar-refractivity contribution in [3.63, 3.8) is 0 Å². The van der Waals surface area contributed by atoms with E-state index in [2.05, 4.69) is 29.4 Å². The number of carbonyl (C=O) groups is 1. The smallest absolute Gasteiger partial charge is 0.230 e. The summed E-state index contributed by atoms with van der Waals surface area (Å²) in [5.74, 6) is -0.141. The number of anilines is 1. The molecule has 0 aliphatic carbocycles. The minimum Gasteiger partial charge on any atom is -0.300 e. The number of nitrogens with zero attached hydrogens (tertiary/aromatic N) is 3. The first-order valence-electron chi connectivity index (χ1n) is 7.94. The molecule has 2 rings (SSSR count). The second-order valence-corrected chi connectivity index (χ2v) is 8.90. The highest BCUT2D eigenvalue weighted by Crippen LogP contribution is 2.28. The number of rotatable bonds is 6. The highest BCUT2D eigenvalue weighted by Gasteiger charge is 2.30. The predicted molar refractivity (Wildman–Crippen MR) is 91.0 cm³/mol. The van der Waals surface area contributed by atoms with Gasteiger partial charge in [0.05, 0.1) is 12.2 Å². The minimum atomic E-state index is -3.25. The van der Waals surface area contributed by atoms with E-state index in [0.29, 0.717) is 30.4 Å². The molecule has 2 heterocycles. The zero-order chi connectivity index (χ0) is 17.0. The van der Waals surface area contributed by atoms with E-state index in [1.54, 1.807) is 0 Å². The van der Waals surface area contributed by atoms with Crippen molar-refractivity contribution < 1.29 is 13.2 Å². The fourth-order valence-corrected chi connectivity index (χ4v) is 4.68. The van der Waals surface area contributed by atoms with Gasteiger partial charge in [0.25, 0.3) is 0 Å². The van der Waals surface area contributed by atoms with Gasteiger partial charge in [-0.1, -0.05) is 25.2 Å². The Kier molecular flexibility index (Phi) is 6.10. The van der Waals surface area contributed by atoms with E-state index in [9.17, 15) is 13.2 Å². The van der Waals surface area contributed by atoms with Crippen molar-refractivity contribution in [3.8, 4) is 0 Å². The molecule has 1 atom stereocenters. The van der Waals surface area contributed by atoms with Crippen LogP contribution in [0.25, 0.3) is 0 Å². The third-order valence-corrected chi connectivity index (χ3v) is 6.50. The van der Waals surface area contributed by atoms with Gasteiger partial charge in [-0.05, 0) is 25.7 Å². The molecule has 0 aromatic carbocycles. The quantitative estimate of drug-likeness (QED) is 0.838. The second kappa shape index (κ2) is 7.67. The lowest BCUT2D eigenvalue weighted by Crippen LogP contribution is -2.43. The van der Waals surface area contributed by atoms with Crippen LogP contribution in [0.3, 0.4) is 0 Å². The summed E-state index contributed by atoms with van der Waals surface area (Å²) in [6.45, 7) is 4.94. The van der Waals surface area contributed by atoms with E-state index in [0.717, 1.165) is 17.8 Å². The van der Waals surface area contributed by atoms with Crippen LogP contribution in [-0.2, 0) is 14.8 Å². The first-order valence-corrected chi connectivity index (χ1v) is 10.6. The number of hydrogen-bond donors (Lipinski definition) is 1. The number of hydrogen-bond acceptors (Lipinski definition) is 6. The molecule has 130 valence electrons. The van der Waals surface area contributed by atoms with Crippen LogP contribution in [-0.4, -0.2) is 48.2 Å². The van der Waals surface area contributed by atoms with Crippen molar-refractivity contribution in [1.29, 1.82) is 0 Å². The van der Waals surface area contributed by atoms with Crippen LogP contribution in [0, 0.1) is 5.92 Å². The molecule has 9 heteroatoms. The molecule has 1 aliphatic rings. The van der Waals surface area contributed by atoms with Crippen molar-refractivity contribution in [1.82, 2.24) is 14.5 Å². The Balaban J connectivity index is 1.99. The van der Waals surface area contributed by atoms with Crippen molar-refractivity contribution >= 4 is 32.4 Å². The summed E-state index contributed by atoms with van der Waals surface area (Å²) in [6.07, 6.45) is 4.55. The molecule has 0 bridgehead atoms. The fraction of sp³-hybridized carbons (Fsp3) is 0.786. The molecule has 1 N–H and O–H groups in total. The van der Waals surface area contributed by atoms with Crippen molar-refractivity contribution in [3.05, 3.63) is 5.01 Å². The lowest BCUT2D eigenvalue weighted by Gasteiger charge is -2.29. The maximum absolute atomic E-state index is 12.4. The number of aromatic nitrogens is 2. The Morgan fingerprint density at radius 1 is 1.39 bits per heavy atom. The molecule has 1 aromatic heterocycles. The van der Waals surface area contributed by atoms with E-state index < -0.39 is 10.0 Å². The highest BCUT2D eigenvalue weighted by atomic mass is 32.2. The molecule has 7 nitrogen and oxygen atoms in total. The average molecular weight is 361 g/mol. The van der Waals surface area contributed by atoms with E-state index in [1.165, 1.54) is 21.9 Å². The zero-order valence-corrected chi connectivity index (χ0v) is 15.4. The van der Waals surface area contributed by atoms with Gasteiger partial charge in [-0.3, -0.25) is 4.79 Å². The summed E-state index contributed by atoms with van der Waals surface area (Å²) in [6, 6.07) is 0.